The van der Waals surface area contributed by atoms with Crippen LogP contribution >= 0.6 is 23.2 Å². The minimum atomic E-state index is -3.62. The van der Waals surface area contributed by atoms with Crippen LogP contribution in [0.5, 0.6) is 0 Å². The summed E-state index contributed by atoms with van der Waals surface area (Å²) in [5.41, 5.74) is 2.07. The molecule has 0 bridgehead atoms. The Labute approximate surface area is 253 Å². The second kappa shape index (κ2) is 15.8. The topological polar surface area (TPSA) is 86.8 Å². The fraction of sp³-hybridized carbons (Fsp3) is 0.355. The number of benzene rings is 3. The second-order valence-electron chi connectivity index (χ2n) is 9.88. The number of nitrogens with zero attached hydrogens (tertiary/aromatic N) is 2. The summed E-state index contributed by atoms with van der Waals surface area (Å²) in [6, 6.07) is 22.6. The lowest BCUT2D eigenvalue weighted by molar-refractivity contribution is -0.141. The van der Waals surface area contributed by atoms with Gasteiger partial charge in [0.1, 0.15) is 6.04 Å². The van der Waals surface area contributed by atoms with Gasteiger partial charge in [-0.25, -0.2) is 8.42 Å². The van der Waals surface area contributed by atoms with E-state index in [-0.39, 0.29) is 37.7 Å². The third-order valence-corrected chi connectivity index (χ3v) is 8.45. The van der Waals surface area contributed by atoms with Crippen molar-refractivity contribution in [2.45, 2.75) is 51.6 Å². The quantitative estimate of drug-likeness (QED) is 0.209. The van der Waals surface area contributed by atoms with Crippen molar-refractivity contribution in [2.75, 3.05) is 23.7 Å². The fourth-order valence-electron chi connectivity index (χ4n) is 4.51. The SMILES string of the molecule is CCCCNC(=O)C(Cc1ccccc1)N(Cc1ccccc1Cl)C(=O)CCCN(c1cccc(Cl)c1)S(C)(=O)=O. The number of anilines is 1. The highest BCUT2D eigenvalue weighted by molar-refractivity contribution is 7.92. The smallest absolute Gasteiger partial charge is 0.243 e. The van der Waals surface area contributed by atoms with Crippen LogP contribution < -0.4 is 9.62 Å². The van der Waals surface area contributed by atoms with Gasteiger partial charge in [-0.2, -0.15) is 0 Å². The van der Waals surface area contributed by atoms with Gasteiger partial charge in [0.15, 0.2) is 0 Å². The molecule has 7 nitrogen and oxygen atoms in total. The summed E-state index contributed by atoms with van der Waals surface area (Å²) < 4.78 is 26.4. The number of carbonyl (C=O) groups is 2. The molecular weight excluding hydrogens is 581 g/mol. The van der Waals surface area contributed by atoms with Crippen molar-refractivity contribution >= 4 is 50.7 Å². The summed E-state index contributed by atoms with van der Waals surface area (Å²) in [4.78, 5) is 29.0. The number of unbranched alkanes of at least 4 members (excludes halogenated alkanes) is 1. The van der Waals surface area contributed by atoms with E-state index in [4.69, 9.17) is 23.2 Å². The molecule has 0 saturated carbocycles. The summed E-state index contributed by atoms with van der Waals surface area (Å²) >= 11 is 12.6. The molecule has 1 N–H and O–H groups in total. The lowest BCUT2D eigenvalue weighted by Crippen LogP contribution is -2.50. The summed E-state index contributed by atoms with van der Waals surface area (Å²) in [5.74, 6) is -0.504. The summed E-state index contributed by atoms with van der Waals surface area (Å²) in [5, 5.41) is 3.91. The standard InChI is InChI=1S/C31H37Cl2N3O4S/c1-3-4-19-34-31(38)29(21-24-12-6-5-7-13-24)35(23-25-14-8-9-17-28(25)33)30(37)18-11-20-36(41(2,39)40)27-16-10-15-26(32)22-27/h5-10,12-17,22,29H,3-4,11,18-21,23H2,1-2H3,(H,34,38). The van der Waals surface area contributed by atoms with Crippen LogP contribution in [0.1, 0.15) is 43.7 Å². The molecule has 0 fully saturated rings. The first-order valence-corrected chi connectivity index (χ1v) is 16.3. The Morgan fingerprint density at radius 1 is 0.927 bits per heavy atom. The van der Waals surface area contributed by atoms with E-state index < -0.39 is 16.1 Å². The van der Waals surface area contributed by atoms with Crippen LogP contribution in [0, 0.1) is 0 Å². The zero-order chi connectivity index (χ0) is 29.8. The Morgan fingerprint density at radius 3 is 2.29 bits per heavy atom. The van der Waals surface area contributed by atoms with Crippen LogP contribution in [0.2, 0.25) is 10.0 Å². The number of hydrogen-bond acceptors (Lipinski definition) is 4. The summed E-state index contributed by atoms with van der Waals surface area (Å²) in [6.45, 7) is 2.78. The van der Waals surface area contributed by atoms with Gasteiger partial charge < -0.3 is 10.2 Å². The van der Waals surface area contributed by atoms with Crippen LogP contribution in [-0.2, 0) is 32.6 Å². The van der Waals surface area contributed by atoms with E-state index in [0.717, 1.165) is 30.2 Å². The van der Waals surface area contributed by atoms with Crippen LogP contribution in [0.3, 0.4) is 0 Å². The molecule has 3 aromatic carbocycles. The maximum absolute atomic E-state index is 13.9. The molecule has 0 aromatic heterocycles. The van der Waals surface area contributed by atoms with Crippen LogP contribution in [0.4, 0.5) is 5.69 Å². The van der Waals surface area contributed by atoms with Crippen LogP contribution in [-0.4, -0.2) is 50.5 Å². The first kappa shape index (κ1) is 32.4. The van der Waals surface area contributed by atoms with Gasteiger partial charge in [-0.1, -0.05) is 91.1 Å². The number of halogens is 2. The van der Waals surface area contributed by atoms with Gasteiger partial charge in [0.2, 0.25) is 21.8 Å². The Hall–Kier alpha value is -3.07. The molecule has 0 aliphatic carbocycles. The highest BCUT2D eigenvalue weighted by atomic mass is 35.5. The number of amides is 2. The van der Waals surface area contributed by atoms with Crippen molar-refractivity contribution in [1.82, 2.24) is 10.2 Å². The third-order valence-electron chi connectivity index (χ3n) is 6.65. The van der Waals surface area contributed by atoms with E-state index >= 15 is 0 Å². The van der Waals surface area contributed by atoms with Gasteiger partial charge >= 0.3 is 0 Å². The molecule has 220 valence electrons. The number of nitrogens with one attached hydrogen (secondary N) is 1. The van der Waals surface area contributed by atoms with E-state index in [1.54, 1.807) is 35.2 Å². The molecule has 3 rings (SSSR count). The Balaban J connectivity index is 1.88. The molecule has 0 saturated heterocycles. The molecular formula is C31H37Cl2N3O4S. The molecule has 0 aliphatic heterocycles. The molecule has 0 radical (unpaired) electrons. The van der Waals surface area contributed by atoms with Crippen molar-refractivity contribution in [3.05, 3.63) is 100 Å². The Kier molecular flexibility index (Phi) is 12.5. The first-order valence-electron chi connectivity index (χ1n) is 13.7. The molecule has 41 heavy (non-hydrogen) atoms. The lowest BCUT2D eigenvalue weighted by Gasteiger charge is -2.32. The van der Waals surface area contributed by atoms with Gasteiger partial charge in [0.25, 0.3) is 0 Å². The summed E-state index contributed by atoms with van der Waals surface area (Å²) in [7, 11) is -3.62. The van der Waals surface area contributed by atoms with Crippen LogP contribution in [0.15, 0.2) is 78.9 Å². The highest BCUT2D eigenvalue weighted by Crippen LogP contribution is 2.24. The van der Waals surface area contributed by atoms with Crippen molar-refractivity contribution in [2.24, 2.45) is 0 Å². The molecule has 0 heterocycles. The molecule has 3 aromatic rings. The van der Waals surface area contributed by atoms with Gasteiger partial charge in [0.05, 0.1) is 11.9 Å². The van der Waals surface area contributed by atoms with Crippen molar-refractivity contribution < 1.29 is 18.0 Å². The molecule has 0 aliphatic rings. The third kappa shape index (κ3) is 10.1. The predicted octanol–water partition coefficient (Wildman–Crippen LogP) is 6.10. The molecule has 1 unspecified atom stereocenters. The number of carbonyl (C=O) groups excluding carboxylic acids is 2. The number of rotatable bonds is 15. The first-order chi connectivity index (χ1) is 19.6. The van der Waals surface area contributed by atoms with E-state index in [1.165, 1.54) is 4.31 Å². The summed E-state index contributed by atoms with van der Waals surface area (Å²) in [6.07, 6.45) is 3.48. The molecule has 0 spiro atoms. The molecule has 10 heteroatoms. The fourth-order valence-corrected chi connectivity index (χ4v) is 5.84. The van der Waals surface area contributed by atoms with Crippen molar-refractivity contribution in [1.29, 1.82) is 0 Å². The van der Waals surface area contributed by atoms with E-state index in [0.29, 0.717) is 28.7 Å². The van der Waals surface area contributed by atoms with Gasteiger partial charge in [-0.05, 0) is 48.2 Å². The number of hydrogen-bond donors (Lipinski definition) is 1. The van der Waals surface area contributed by atoms with E-state index in [9.17, 15) is 18.0 Å². The van der Waals surface area contributed by atoms with Gasteiger partial charge in [-0.3, -0.25) is 13.9 Å². The maximum Gasteiger partial charge on any atom is 0.243 e. The van der Waals surface area contributed by atoms with E-state index in [2.05, 4.69) is 5.32 Å². The zero-order valence-electron chi connectivity index (χ0n) is 23.4. The average Bonchev–Trinajstić information content (AvgIpc) is 2.93. The Morgan fingerprint density at radius 2 is 1.63 bits per heavy atom. The molecule has 1 atom stereocenters. The predicted molar refractivity (Wildman–Crippen MR) is 167 cm³/mol. The Bertz CT molecular complexity index is 1400. The minimum absolute atomic E-state index is 0.0323. The lowest BCUT2D eigenvalue weighted by atomic mass is 10.0. The second-order valence-corrected chi connectivity index (χ2v) is 12.6. The zero-order valence-corrected chi connectivity index (χ0v) is 25.8. The highest BCUT2D eigenvalue weighted by Gasteiger charge is 2.31. The van der Waals surface area contributed by atoms with Gasteiger partial charge in [-0.15, -0.1) is 0 Å². The average molecular weight is 619 g/mol. The van der Waals surface area contributed by atoms with Gasteiger partial charge in [0, 0.05) is 42.5 Å². The number of sulfonamides is 1. The molecule has 2 amide bonds. The van der Waals surface area contributed by atoms with E-state index in [1.807, 2.05) is 55.5 Å². The minimum Gasteiger partial charge on any atom is -0.354 e. The normalized spacial score (nSPS) is 12.0. The van der Waals surface area contributed by atoms with Crippen molar-refractivity contribution in [3.63, 3.8) is 0 Å². The van der Waals surface area contributed by atoms with Crippen LogP contribution in [0.25, 0.3) is 0 Å². The maximum atomic E-state index is 13.9. The monoisotopic (exact) mass is 617 g/mol. The van der Waals surface area contributed by atoms with Crippen molar-refractivity contribution in [3.8, 4) is 0 Å². The largest absolute Gasteiger partial charge is 0.354 e.